The Balaban J connectivity index is 1.86. The summed E-state index contributed by atoms with van der Waals surface area (Å²) in [5.41, 5.74) is 0.816. The van der Waals surface area contributed by atoms with E-state index >= 15 is 0 Å². The Labute approximate surface area is 143 Å². The molecule has 0 aliphatic heterocycles. The van der Waals surface area contributed by atoms with E-state index in [4.69, 9.17) is 4.74 Å². The number of ether oxygens (including phenoxy) is 1. The quantitative estimate of drug-likeness (QED) is 0.841. The third-order valence-corrected chi connectivity index (χ3v) is 3.17. The Morgan fingerprint density at radius 2 is 1.88 bits per heavy atom. The number of hydrogen-bond acceptors (Lipinski definition) is 2. The highest BCUT2D eigenvalue weighted by atomic mass is 19.4. The minimum atomic E-state index is -4.41. The van der Waals surface area contributed by atoms with Gasteiger partial charge in [-0.25, -0.2) is 4.79 Å². The largest absolute Gasteiger partial charge is 0.445 e. The number of nitrogens with one attached hydrogen (secondary N) is 1. The fourth-order valence-corrected chi connectivity index (χ4v) is 2.06. The Morgan fingerprint density at radius 1 is 1.16 bits per heavy atom. The number of benzene rings is 2. The second-order valence-electron chi connectivity index (χ2n) is 5.30. The molecule has 0 saturated carbocycles. The molecule has 0 unspecified atom stereocenters. The van der Waals surface area contributed by atoms with Crippen molar-refractivity contribution in [3.8, 4) is 11.8 Å². The molecule has 2 rings (SSSR count). The third kappa shape index (κ3) is 6.22. The molecule has 0 aromatic heterocycles. The summed E-state index contributed by atoms with van der Waals surface area (Å²) < 4.78 is 43.2. The average molecular weight is 347 g/mol. The molecule has 0 fully saturated rings. The van der Waals surface area contributed by atoms with Crippen molar-refractivity contribution in [1.82, 2.24) is 5.32 Å². The Morgan fingerprint density at radius 3 is 2.56 bits per heavy atom. The van der Waals surface area contributed by atoms with E-state index in [1.165, 1.54) is 0 Å². The van der Waals surface area contributed by atoms with Gasteiger partial charge in [-0.15, -0.1) is 0 Å². The molecule has 6 heteroatoms. The zero-order valence-corrected chi connectivity index (χ0v) is 13.5. The fraction of sp³-hybridized carbons (Fsp3) is 0.211. The number of halogens is 3. The smallest absolute Gasteiger partial charge is 0.416 e. The number of alkyl halides is 3. The van der Waals surface area contributed by atoms with Crippen LogP contribution in [-0.4, -0.2) is 12.6 Å². The highest BCUT2D eigenvalue weighted by Crippen LogP contribution is 2.30. The van der Waals surface area contributed by atoms with E-state index in [1.807, 2.05) is 30.3 Å². The van der Waals surface area contributed by atoms with E-state index in [0.29, 0.717) is 5.56 Å². The molecular weight excluding hydrogens is 331 g/mol. The number of hydrogen-bond donors (Lipinski definition) is 1. The average Bonchev–Trinajstić information content (AvgIpc) is 2.56. The minimum absolute atomic E-state index is 0.0249. The lowest BCUT2D eigenvalue weighted by Crippen LogP contribution is -2.24. The van der Waals surface area contributed by atoms with Gasteiger partial charge in [-0.3, -0.25) is 0 Å². The molecule has 0 heterocycles. The van der Waals surface area contributed by atoms with Crippen LogP contribution in [0.15, 0.2) is 48.5 Å². The van der Waals surface area contributed by atoms with Crippen molar-refractivity contribution in [1.29, 1.82) is 0 Å². The second kappa shape index (κ2) is 8.25. The van der Waals surface area contributed by atoms with Crippen molar-refractivity contribution in [2.45, 2.75) is 19.7 Å². The number of carbonyl (C=O) groups is 1. The lowest BCUT2D eigenvalue weighted by Gasteiger charge is -2.08. The summed E-state index contributed by atoms with van der Waals surface area (Å²) in [5, 5.41) is 2.43. The molecule has 1 N–H and O–H groups in total. The molecule has 1 amide bonds. The molecule has 0 aliphatic rings. The predicted molar refractivity (Wildman–Crippen MR) is 87.7 cm³/mol. The number of rotatable bonds is 3. The summed E-state index contributed by atoms with van der Waals surface area (Å²) in [4.78, 5) is 11.5. The molecule has 25 heavy (non-hydrogen) atoms. The molecule has 0 radical (unpaired) electrons. The first kappa shape index (κ1) is 18.4. The summed E-state index contributed by atoms with van der Waals surface area (Å²) in [6.07, 6.45) is -5.06. The lowest BCUT2D eigenvalue weighted by molar-refractivity contribution is -0.137. The maximum Gasteiger partial charge on any atom is 0.416 e. The van der Waals surface area contributed by atoms with Crippen LogP contribution in [0.5, 0.6) is 0 Å². The molecule has 2 aromatic rings. The van der Waals surface area contributed by atoms with Gasteiger partial charge >= 0.3 is 12.3 Å². The molecule has 0 spiro atoms. The zero-order chi connectivity index (χ0) is 18.3. The summed E-state index contributed by atoms with van der Waals surface area (Å²) in [7, 11) is 0. The highest BCUT2D eigenvalue weighted by Gasteiger charge is 2.30. The lowest BCUT2D eigenvalue weighted by atomic mass is 10.1. The molecule has 0 bridgehead atoms. The van der Waals surface area contributed by atoms with E-state index < -0.39 is 17.8 Å². The van der Waals surface area contributed by atoms with Crippen LogP contribution in [0.3, 0.4) is 0 Å². The Hall–Kier alpha value is -2.94. The van der Waals surface area contributed by atoms with Crippen LogP contribution in [0.25, 0.3) is 0 Å². The SMILES string of the molecule is Cc1cc(C#CCNC(=O)OCc2ccccc2)cc(C(F)(F)F)c1. The van der Waals surface area contributed by atoms with Gasteiger partial charge in [0.05, 0.1) is 12.1 Å². The van der Waals surface area contributed by atoms with Gasteiger partial charge in [-0.1, -0.05) is 42.2 Å². The number of carbonyl (C=O) groups excluding carboxylic acids is 1. The predicted octanol–water partition coefficient (Wildman–Crippen LogP) is 4.29. The van der Waals surface area contributed by atoms with Crippen LogP contribution < -0.4 is 5.32 Å². The molecule has 130 valence electrons. The molecule has 2 aromatic carbocycles. The van der Waals surface area contributed by atoms with Gasteiger partial charge in [0.2, 0.25) is 0 Å². The van der Waals surface area contributed by atoms with E-state index in [1.54, 1.807) is 13.0 Å². The second-order valence-corrected chi connectivity index (χ2v) is 5.30. The molecular formula is C19H16F3NO2. The van der Waals surface area contributed by atoms with Gasteiger partial charge in [0.15, 0.2) is 0 Å². The number of aryl methyl sites for hydroxylation is 1. The van der Waals surface area contributed by atoms with Crippen molar-refractivity contribution < 1.29 is 22.7 Å². The normalized spacial score (nSPS) is 10.6. The van der Waals surface area contributed by atoms with Gasteiger partial charge in [0, 0.05) is 5.56 Å². The van der Waals surface area contributed by atoms with Crippen LogP contribution in [0.4, 0.5) is 18.0 Å². The molecule has 0 atom stereocenters. The van der Waals surface area contributed by atoms with Crippen LogP contribution in [0, 0.1) is 18.8 Å². The van der Waals surface area contributed by atoms with Crippen molar-refractivity contribution in [2.75, 3.05) is 6.54 Å². The van der Waals surface area contributed by atoms with Crippen molar-refractivity contribution in [2.24, 2.45) is 0 Å². The van der Waals surface area contributed by atoms with Crippen LogP contribution in [0.2, 0.25) is 0 Å². The van der Waals surface area contributed by atoms with Gasteiger partial charge in [0.25, 0.3) is 0 Å². The zero-order valence-electron chi connectivity index (χ0n) is 13.5. The van der Waals surface area contributed by atoms with Crippen molar-refractivity contribution in [3.63, 3.8) is 0 Å². The van der Waals surface area contributed by atoms with E-state index in [9.17, 15) is 18.0 Å². The van der Waals surface area contributed by atoms with Gasteiger partial charge in [0.1, 0.15) is 6.61 Å². The van der Waals surface area contributed by atoms with Gasteiger partial charge < -0.3 is 10.1 Å². The van der Waals surface area contributed by atoms with E-state index in [0.717, 1.165) is 17.7 Å². The summed E-state index contributed by atoms with van der Waals surface area (Å²) >= 11 is 0. The monoisotopic (exact) mass is 347 g/mol. The molecule has 0 saturated heterocycles. The Kier molecular flexibility index (Phi) is 6.07. The van der Waals surface area contributed by atoms with Crippen LogP contribution in [-0.2, 0) is 17.5 Å². The molecule has 0 aliphatic carbocycles. The Bertz CT molecular complexity index is 790. The summed E-state index contributed by atoms with van der Waals surface area (Å²) in [6.45, 7) is 1.68. The topological polar surface area (TPSA) is 38.3 Å². The molecule has 3 nitrogen and oxygen atoms in total. The maximum atomic E-state index is 12.7. The summed E-state index contributed by atoms with van der Waals surface area (Å²) in [6, 6.07) is 12.8. The number of amides is 1. The van der Waals surface area contributed by atoms with Gasteiger partial charge in [-0.05, 0) is 36.2 Å². The standard InChI is InChI=1S/C19H16F3NO2/c1-14-10-16(12-17(11-14)19(20,21)22)8-5-9-23-18(24)25-13-15-6-3-2-4-7-15/h2-4,6-7,10-12H,9,13H2,1H3,(H,23,24). The van der Waals surface area contributed by atoms with Crippen LogP contribution in [0.1, 0.15) is 22.3 Å². The fourth-order valence-electron chi connectivity index (χ4n) is 2.06. The van der Waals surface area contributed by atoms with Crippen molar-refractivity contribution >= 4 is 6.09 Å². The van der Waals surface area contributed by atoms with Crippen LogP contribution >= 0.6 is 0 Å². The third-order valence-electron chi connectivity index (χ3n) is 3.17. The first-order valence-corrected chi connectivity index (χ1v) is 7.47. The first-order valence-electron chi connectivity index (χ1n) is 7.47. The first-order chi connectivity index (χ1) is 11.8. The van der Waals surface area contributed by atoms with Crippen molar-refractivity contribution in [3.05, 3.63) is 70.8 Å². The van der Waals surface area contributed by atoms with E-state index in [-0.39, 0.29) is 18.7 Å². The van der Waals surface area contributed by atoms with Gasteiger partial charge in [-0.2, -0.15) is 13.2 Å². The number of alkyl carbamates (subject to hydrolysis) is 1. The highest BCUT2D eigenvalue weighted by molar-refractivity contribution is 5.67. The summed E-state index contributed by atoms with van der Waals surface area (Å²) in [5.74, 6) is 5.21. The minimum Gasteiger partial charge on any atom is -0.445 e. The van der Waals surface area contributed by atoms with E-state index in [2.05, 4.69) is 17.2 Å². The maximum absolute atomic E-state index is 12.7.